The second kappa shape index (κ2) is 6.74. The number of anilines is 2. The zero-order valence-electron chi connectivity index (χ0n) is 11.4. The van der Waals surface area contributed by atoms with Crippen LogP contribution in [0.3, 0.4) is 0 Å². The fourth-order valence-electron chi connectivity index (χ4n) is 1.73. The van der Waals surface area contributed by atoms with Gasteiger partial charge in [-0.2, -0.15) is 0 Å². The maximum Gasteiger partial charge on any atom is 0.237 e. The van der Waals surface area contributed by atoms with E-state index in [1.54, 1.807) is 36.4 Å². The standard InChI is InChI=1S/C15H15ClN2O2S/c1-10-5-6-12(8-14(10)17)18-15(19)9-21(20)13-4-2-3-11(16)7-13/h2-8H,9,17H2,1H3,(H,18,19). The van der Waals surface area contributed by atoms with E-state index in [0.29, 0.717) is 21.3 Å². The van der Waals surface area contributed by atoms with Crippen molar-refractivity contribution < 1.29 is 9.00 Å². The molecule has 1 unspecified atom stereocenters. The molecule has 1 atom stereocenters. The lowest BCUT2D eigenvalue weighted by Gasteiger charge is -2.07. The Labute approximate surface area is 130 Å². The van der Waals surface area contributed by atoms with Crippen LogP contribution in [0.5, 0.6) is 0 Å². The fourth-order valence-corrected chi connectivity index (χ4v) is 2.95. The van der Waals surface area contributed by atoms with Gasteiger partial charge in [-0.05, 0) is 42.8 Å². The van der Waals surface area contributed by atoms with Gasteiger partial charge in [-0.25, -0.2) is 0 Å². The lowest BCUT2D eigenvalue weighted by atomic mass is 10.2. The minimum absolute atomic E-state index is 0.131. The van der Waals surface area contributed by atoms with Crippen molar-refractivity contribution in [3.63, 3.8) is 0 Å². The van der Waals surface area contributed by atoms with Crippen LogP contribution in [0.1, 0.15) is 5.56 Å². The van der Waals surface area contributed by atoms with Gasteiger partial charge in [-0.15, -0.1) is 0 Å². The largest absolute Gasteiger partial charge is 0.398 e. The summed E-state index contributed by atoms with van der Waals surface area (Å²) < 4.78 is 12.1. The number of amides is 1. The summed E-state index contributed by atoms with van der Waals surface area (Å²) in [4.78, 5) is 12.4. The van der Waals surface area contributed by atoms with E-state index < -0.39 is 10.8 Å². The molecule has 2 aromatic carbocycles. The highest BCUT2D eigenvalue weighted by Gasteiger charge is 2.11. The number of nitrogens with one attached hydrogen (secondary N) is 1. The van der Waals surface area contributed by atoms with Crippen LogP contribution in [0.4, 0.5) is 11.4 Å². The van der Waals surface area contributed by atoms with Gasteiger partial charge >= 0.3 is 0 Å². The van der Waals surface area contributed by atoms with Crippen LogP contribution in [-0.2, 0) is 15.6 Å². The molecule has 1 amide bonds. The Morgan fingerprint density at radius 3 is 2.71 bits per heavy atom. The summed E-state index contributed by atoms with van der Waals surface area (Å²) >= 11 is 5.84. The van der Waals surface area contributed by atoms with Gasteiger partial charge in [-0.3, -0.25) is 9.00 Å². The molecule has 3 N–H and O–H groups in total. The van der Waals surface area contributed by atoms with Crippen molar-refractivity contribution in [1.29, 1.82) is 0 Å². The number of carbonyl (C=O) groups excluding carboxylic acids is 1. The predicted molar refractivity (Wildman–Crippen MR) is 86.9 cm³/mol. The molecule has 0 spiro atoms. The number of aryl methyl sites for hydroxylation is 1. The smallest absolute Gasteiger partial charge is 0.237 e. The van der Waals surface area contributed by atoms with Gasteiger partial charge in [0, 0.05) is 21.3 Å². The summed E-state index contributed by atoms with van der Waals surface area (Å²) in [6.45, 7) is 1.88. The summed E-state index contributed by atoms with van der Waals surface area (Å²) in [5, 5.41) is 3.17. The molecule has 0 saturated heterocycles. The number of nitrogens with two attached hydrogens (primary N) is 1. The van der Waals surface area contributed by atoms with E-state index >= 15 is 0 Å². The molecular weight excluding hydrogens is 308 g/mol. The van der Waals surface area contributed by atoms with E-state index in [0.717, 1.165) is 5.56 Å². The number of benzene rings is 2. The van der Waals surface area contributed by atoms with Gasteiger partial charge in [0.05, 0.1) is 10.8 Å². The average molecular weight is 323 g/mol. The topological polar surface area (TPSA) is 72.2 Å². The van der Waals surface area contributed by atoms with Gasteiger partial charge in [0.1, 0.15) is 5.75 Å². The number of hydrogen-bond donors (Lipinski definition) is 2. The van der Waals surface area contributed by atoms with Crippen molar-refractivity contribution in [2.45, 2.75) is 11.8 Å². The van der Waals surface area contributed by atoms with Gasteiger partial charge in [-0.1, -0.05) is 23.7 Å². The molecule has 0 aliphatic heterocycles. The first-order valence-corrected chi connectivity index (χ1v) is 7.95. The third-order valence-corrected chi connectivity index (χ3v) is 4.42. The molecular formula is C15H15ClN2O2S. The van der Waals surface area contributed by atoms with Crippen molar-refractivity contribution in [1.82, 2.24) is 0 Å². The van der Waals surface area contributed by atoms with E-state index in [9.17, 15) is 9.00 Å². The van der Waals surface area contributed by atoms with E-state index in [1.165, 1.54) is 0 Å². The van der Waals surface area contributed by atoms with E-state index in [1.807, 2.05) is 13.0 Å². The highest BCUT2D eigenvalue weighted by molar-refractivity contribution is 7.85. The molecule has 2 rings (SSSR count). The summed E-state index contributed by atoms with van der Waals surface area (Å²) in [5.41, 5.74) is 7.91. The van der Waals surface area contributed by atoms with Gasteiger partial charge in [0.15, 0.2) is 0 Å². The SMILES string of the molecule is Cc1ccc(NC(=O)CS(=O)c2cccc(Cl)c2)cc1N. The van der Waals surface area contributed by atoms with E-state index in [2.05, 4.69) is 5.32 Å². The van der Waals surface area contributed by atoms with Crippen molar-refractivity contribution in [2.75, 3.05) is 16.8 Å². The van der Waals surface area contributed by atoms with Crippen LogP contribution < -0.4 is 11.1 Å². The van der Waals surface area contributed by atoms with Crippen LogP contribution in [-0.4, -0.2) is 15.9 Å². The minimum Gasteiger partial charge on any atom is -0.398 e. The maximum absolute atomic E-state index is 12.1. The Bertz CT molecular complexity index is 704. The molecule has 2 aromatic rings. The molecule has 0 aliphatic carbocycles. The number of halogens is 1. The quantitative estimate of drug-likeness (QED) is 0.850. The first-order valence-electron chi connectivity index (χ1n) is 6.25. The molecule has 0 aromatic heterocycles. The number of nitrogen functional groups attached to an aromatic ring is 1. The second-order valence-corrected chi connectivity index (χ2v) is 6.45. The Morgan fingerprint density at radius 2 is 2.05 bits per heavy atom. The van der Waals surface area contributed by atoms with Gasteiger partial charge in [0.25, 0.3) is 0 Å². The molecule has 0 radical (unpaired) electrons. The van der Waals surface area contributed by atoms with Crippen LogP contribution in [0, 0.1) is 6.92 Å². The molecule has 0 fully saturated rings. The lowest BCUT2D eigenvalue weighted by molar-refractivity contribution is -0.113. The molecule has 6 heteroatoms. The fraction of sp³-hybridized carbons (Fsp3) is 0.133. The summed E-state index contributed by atoms with van der Waals surface area (Å²) in [6.07, 6.45) is 0. The number of hydrogen-bond acceptors (Lipinski definition) is 3. The Hall–Kier alpha value is -1.85. The summed E-state index contributed by atoms with van der Waals surface area (Å²) in [6, 6.07) is 11.9. The van der Waals surface area contributed by atoms with Crippen LogP contribution in [0.15, 0.2) is 47.4 Å². The van der Waals surface area contributed by atoms with Crippen LogP contribution >= 0.6 is 11.6 Å². The molecule has 0 heterocycles. The van der Waals surface area contributed by atoms with Crippen molar-refractivity contribution in [2.24, 2.45) is 0 Å². The summed E-state index contributed by atoms with van der Waals surface area (Å²) in [5.74, 6) is -0.467. The van der Waals surface area contributed by atoms with Crippen molar-refractivity contribution in [3.8, 4) is 0 Å². The predicted octanol–water partition coefficient (Wildman–Crippen LogP) is 2.98. The van der Waals surface area contributed by atoms with E-state index in [-0.39, 0.29) is 11.7 Å². The van der Waals surface area contributed by atoms with Gasteiger partial charge in [0.2, 0.25) is 5.91 Å². The Kier molecular flexibility index (Phi) is 4.98. The highest BCUT2D eigenvalue weighted by atomic mass is 35.5. The molecule has 4 nitrogen and oxygen atoms in total. The third kappa shape index (κ3) is 4.31. The minimum atomic E-state index is -1.43. The van der Waals surface area contributed by atoms with Crippen LogP contribution in [0.2, 0.25) is 5.02 Å². The molecule has 0 aliphatic rings. The molecule has 0 saturated carbocycles. The number of carbonyl (C=O) groups is 1. The monoisotopic (exact) mass is 322 g/mol. The molecule has 21 heavy (non-hydrogen) atoms. The lowest BCUT2D eigenvalue weighted by Crippen LogP contribution is -2.19. The molecule has 0 bridgehead atoms. The third-order valence-electron chi connectivity index (χ3n) is 2.88. The van der Waals surface area contributed by atoms with Gasteiger partial charge < -0.3 is 11.1 Å². The second-order valence-electron chi connectivity index (χ2n) is 4.57. The zero-order valence-corrected chi connectivity index (χ0v) is 13.0. The Balaban J connectivity index is 2.01. The van der Waals surface area contributed by atoms with E-state index in [4.69, 9.17) is 17.3 Å². The first kappa shape index (κ1) is 15.5. The van der Waals surface area contributed by atoms with Crippen molar-refractivity contribution in [3.05, 3.63) is 53.1 Å². The Morgan fingerprint density at radius 1 is 1.29 bits per heavy atom. The average Bonchev–Trinajstić information content (AvgIpc) is 2.43. The normalized spacial score (nSPS) is 11.9. The summed E-state index contributed by atoms with van der Waals surface area (Å²) in [7, 11) is -1.43. The van der Waals surface area contributed by atoms with Crippen molar-refractivity contribution >= 4 is 39.7 Å². The molecule has 110 valence electrons. The number of rotatable bonds is 4. The first-order chi connectivity index (χ1) is 9.95. The zero-order chi connectivity index (χ0) is 15.4. The highest BCUT2D eigenvalue weighted by Crippen LogP contribution is 2.17. The van der Waals surface area contributed by atoms with Crippen LogP contribution in [0.25, 0.3) is 0 Å². The maximum atomic E-state index is 12.1.